The molecule has 2 heteroatoms. The van der Waals surface area contributed by atoms with Gasteiger partial charge in [0.1, 0.15) is 0 Å². The molecule has 1 saturated carbocycles. The fraction of sp³-hybridized carbons (Fsp3) is 0.286. The van der Waals surface area contributed by atoms with E-state index in [9.17, 15) is 0 Å². The number of aromatic amines is 1. The van der Waals surface area contributed by atoms with Crippen LogP contribution in [0.3, 0.4) is 0 Å². The van der Waals surface area contributed by atoms with E-state index in [1.54, 1.807) is 0 Å². The smallest absolute Gasteiger partial charge is 0.0223 e. The van der Waals surface area contributed by atoms with Crippen molar-refractivity contribution in [2.75, 3.05) is 0 Å². The second-order valence-electron chi connectivity index (χ2n) is 4.46. The average molecular weight is 212 g/mol. The summed E-state index contributed by atoms with van der Waals surface area (Å²) in [5, 5.41) is 3.59. The zero-order chi connectivity index (χ0) is 10.8. The van der Waals surface area contributed by atoms with Gasteiger partial charge in [-0.3, -0.25) is 0 Å². The average Bonchev–Trinajstić information content (AvgIpc) is 2.93. The van der Waals surface area contributed by atoms with Gasteiger partial charge < -0.3 is 10.3 Å². The summed E-state index contributed by atoms with van der Waals surface area (Å²) in [6, 6.07) is 13.6. The lowest BCUT2D eigenvalue weighted by Gasteiger charge is -2.02. The van der Waals surface area contributed by atoms with Crippen molar-refractivity contribution < 1.29 is 0 Å². The van der Waals surface area contributed by atoms with Crippen molar-refractivity contribution in [1.82, 2.24) is 10.3 Å². The van der Waals surface area contributed by atoms with Gasteiger partial charge in [0.2, 0.25) is 0 Å². The summed E-state index contributed by atoms with van der Waals surface area (Å²) in [6.07, 6.45) is 5.29. The Kier molecular flexibility index (Phi) is 2.50. The highest BCUT2D eigenvalue weighted by Gasteiger charge is 2.37. The zero-order valence-corrected chi connectivity index (χ0v) is 9.19. The van der Waals surface area contributed by atoms with Crippen LogP contribution in [0.2, 0.25) is 0 Å². The second-order valence-corrected chi connectivity index (χ2v) is 4.46. The standard InChI is InChI=1S/C14H16N2/c1-2-4-12(5-3-1)13-8-14(13)16-10-11-6-7-15-9-11/h1-7,9,13-16H,8,10H2. The first-order valence-electron chi connectivity index (χ1n) is 5.83. The molecule has 1 fully saturated rings. The molecule has 0 aliphatic heterocycles. The van der Waals surface area contributed by atoms with E-state index < -0.39 is 0 Å². The summed E-state index contributed by atoms with van der Waals surface area (Å²) in [5.74, 6) is 0.722. The first-order valence-corrected chi connectivity index (χ1v) is 5.83. The maximum absolute atomic E-state index is 3.59. The van der Waals surface area contributed by atoms with Crippen LogP contribution in [-0.4, -0.2) is 11.0 Å². The molecular weight excluding hydrogens is 196 g/mol. The van der Waals surface area contributed by atoms with Crippen molar-refractivity contribution in [3.63, 3.8) is 0 Å². The topological polar surface area (TPSA) is 27.8 Å². The summed E-state index contributed by atoms with van der Waals surface area (Å²) >= 11 is 0. The van der Waals surface area contributed by atoms with E-state index >= 15 is 0 Å². The molecule has 2 unspecified atom stereocenters. The minimum Gasteiger partial charge on any atom is -0.367 e. The fourth-order valence-electron chi connectivity index (χ4n) is 2.21. The van der Waals surface area contributed by atoms with E-state index in [-0.39, 0.29) is 0 Å². The highest BCUT2D eigenvalue weighted by molar-refractivity contribution is 5.27. The van der Waals surface area contributed by atoms with Crippen LogP contribution in [-0.2, 0) is 6.54 Å². The van der Waals surface area contributed by atoms with E-state index in [0.717, 1.165) is 12.5 Å². The maximum Gasteiger partial charge on any atom is 0.0223 e. The van der Waals surface area contributed by atoms with Gasteiger partial charge in [0.25, 0.3) is 0 Å². The van der Waals surface area contributed by atoms with E-state index in [1.807, 2.05) is 12.4 Å². The predicted octanol–water partition coefficient (Wildman–Crippen LogP) is 2.66. The Bertz CT molecular complexity index is 433. The van der Waals surface area contributed by atoms with Crippen molar-refractivity contribution in [2.24, 2.45) is 0 Å². The van der Waals surface area contributed by atoms with Gasteiger partial charge in [-0.15, -0.1) is 0 Å². The number of hydrogen-bond acceptors (Lipinski definition) is 1. The van der Waals surface area contributed by atoms with Crippen molar-refractivity contribution in [1.29, 1.82) is 0 Å². The molecule has 0 spiro atoms. The highest BCUT2D eigenvalue weighted by Crippen LogP contribution is 2.40. The molecule has 82 valence electrons. The molecule has 1 aliphatic rings. The van der Waals surface area contributed by atoms with Crippen molar-refractivity contribution >= 4 is 0 Å². The lowest BCUT2D eigenvalue weighted by atomic mass is 10.1. The van der Waals surface area contributed by atoms with Crippen LogP contribution in [0.1, 0.15) is 23.5 Å². The number of nitrogens with one attached hydrogen (secondary N) is 2. The Morgan fingerprint density at radius 3 is 2.81 bits per heavy atom. The van der Waals surface area contributed by atoms with Gasteiger partial charge in [-0.25, -0.2) is 0 Å². The molecule has 1 heterocycles. The molecule has 2 N–H and O–H groups in total. The number of aromatic nitrogens is 1. The largest absolute Gasteiger partial charge is 0.367 e. The third-order valence-electron chi connectivity index (χ3n) is 3.25. The molecule has 16 heavy (non-hydrogen) atoms. The molecule has 0 bridgehead atoms. The third kappa shape index (κ3) is 2.02. The van der Waals surface area contributed by atoms with Crippen LogP contribution < -0.4 is 5.32 Å². The molecule has 2 atom stereocenters. The number of hydrogen-bond donors (Lipinski definition) is 2. The molecule has 2 nitrogen and oxygen atoms in total. The first kappa shape index (κ1) is 9.67. The molecule has 1 aliphatic carbocycles. The Hall–Kier alpha value is -1.54. The van der Waals surface area contributed by atoms with Gasteiger partial charge >= 0.3 is 0 Å². The van der Waals surface area contributed by atoms with Crippen LogP contribution in [0.5, 0.6) is 0 Å². The van der Waals surface area contributed by atoms with Crippen LogP contribution >= 0.6 is 0 Å². The SMILES string of the molecule is c1ccc(C2CC2NCc2cc[nH]c2)cc1. The Morgan fingerprint density at radius 1 is 1.19 bits per heavy atom. The third-order valence-corrected chi connectivity index (χ3v) is 3.25. The van der Waals surface area contributed by atoms with Gasteiger partial charge in [-0.1, -0.05) is 30.3 Å². The van der Waals surface area contributed by atoms with Crippen LogP contribution in [0.15, 0.2) is 48.8 Å². The minimum absolute atomic E-state index is 0.664. The fourth-order valence-corrected chi connectivity index (χ4v) is 2.21. The molecule has 0 amide bonds. The van der Waals surface area contributed by atoms with Crippen LogP contribution in [0.25, 0.3) is 0 Å². The van der Waals surface area contributed by atoms with E-state index in [1.165, 1.54) is 17.5 Å². The summed E-state index contributed by atoms with van der Waals surface area (Å²) in [4.78, 5) is 3.08. The van der Waals surface area contributed by atoms with Crippen molar-refractivity contribution in [3.05, 3.63) is 59.9 Å². The van der Waals surface area contributed by atoms with Crippen molar-refractivity contribution in [2.45, 2.75) is 24.9 Å². The molecule has 3 rings (SSSR count). The molecule has 1 aromatic heterocycles. The monoisotopic (exact) mass is 212 g/mol. The van der Waals surface area contributed by atoms with Gasteiger partial charge in [-0.05, 0) is 23.6 Å². The van der Waals surface area contributed by atoms with Crippen molar-refractivity contribution in [3.8, 4) is 0 Å². The van der Waals surface area contributed by atoms with Gasteiger partial charge in [-0.2, -0.15) is 0 Å². The van der Waals surface area contributed by atoms with Gasteiger partial charge in [0.05, 0.1) is 0 Å². The Morgan fingerprint density at radius 2 is 2.06 bits per heavy atom. The molecule has 2 aromatic rings. The maximum atomic E-state index is 3.59. The van der Waals surface area contributed by atoms with Crippen LogP contribution in [0, 0.1) is 0 Å². The van der Waals surface area contributed by atoms with Gasteiger partial charge in [0, 0.05) is 30.9 Å². The zero-order valence-electron chi connectivity index (χ0n) is 9.19. The normalized spacial score (nSPS) is 23.2. The summed E-state index contributed by atoms with van der Waals surface area (Å²) in [6.45, 7) is 0.970. The molecular formula is C14H16N2. The predicted molar refractivity (Wildman–Crippen MR) is 65.2 cm³/mol. The molecule has 0 radical (unpaired) electrons. The molecule has 1 aromatic carbocycles. The van der Waals surface area contributed by atoms with Gasteiger partial charge in [0.15, 0.2) is 0 Å². The second kappa shape index (κ2) is 4.14. The highest BCUT2D eigenvalue weighted by atomic mass is 15.0. The quantitative estimate of drug-likeness (QED) is 0.801. The summed E-state index contributed by atoms with van der Waals surface area (Å²) in [5.41, 5.74) is 2.80. The van der Waals surface area contributed by atoms with E-state index in [0.29, 0.717) is 6.04 Å². The summed E-state index contributed by atoms with van der Waals surface area (Å²) in [7, 11) is 0. The van der Waals surface area contributed by atoms with E-state index in [2.05, 4.69) is 46.7 Å². The lowest BCUT2D eigenvalue weighted by molar-refractivity contribution is 0.673. The number of benzene rings is 1. The number of H-pyrrole nitrogens is 1. The van der Waals surface area contributed by atoms with Crippen LogP contribution in [0.4, 0.5) is 0 Å². The number of rotatable bonds is 4. The molecule has 0 saturated heterocycles. The Labute approximate surface area is 95.7 Å². The van der Waals surface area contributed by atoms with E-state index in [4.69, 9.17) is 0 Å². The minimum atomic E-state index is 0.664. The summed E-state index contributed by atoms with van der Waals surface area (Å²) < 4.78 is 0. The Balaban J connectivity index is 1.53. The lowest BCUT2D eigenvalue weighted by Crippen LogP contribution is -2.16. The first-order chi connectivity index (χ1) is 7.93.